The number of rotatable bonds is 3. The lowest BCUT2D eigenvalue weighted by molar-refractivity contribution is 0.568. The molecule has 0 amide bonds. The fourth-order valence-electron chi connectivity index (χ4n) is 0.527. The molecule has 0 spiro atoms. The van der Waals surface area contributed by atoms with Crippen molar-refractivity contribution in [3.8, 4) is 0 Å². The Morgan fingerprint density at radius 1 is 1.73 bits per heavy atom. The molecule has 0 aliphatic rings. The van der Waals surface area contributed by atoms with Crippen molar-refractivity contribution in [2.24, 2.45) is 4.99 Å². The number of nitrogens with zero attached hydrogens (tertiary/aromatic N) is 2. The van der Waals surface area contributed by atoms with E-state index < -0.39 is 0 Å². The summed E-state index contributed by atoms with van der Waals surface area (Å²) in [5.41, 5.74) is 0. The van der Waals surface area contributed by atoms with Gasteiger partial charge in [0.15, 0.2) is 0 Å². The summed E-state index contributed by atoms with van der Waals surface area (Å²) in [5, 5.41) is 0. The molecule has 0 aromatic heterocycles. The van der Waals surface area contributed by atoms with Gasteiger partial charge in [-0.15, -0.1) is 6.58 Å². The Balaban J connectivity index is 4.31. The van der Waals surface area contributed by atoms with Gasteiger partial charge in [0.05, 0.1) is 12.6 Å². The van der Waals surface area contributed by atoms with Crippen LogP contribution in [0.5, 0.6) is 0 Å². The summed E-state index contributed by atoms with van der Waals surface area (Å²) < 4.78 is 0. The number of hydrogen-bond acceptors (Lipinski definition) is 2. The highest BCUT2D eigenvalue weighted by Gasteiger charge is 1.93. The van der Waals surface area contributed by atoms with Crippen LogP contribution < -0.4 is 0 Å². The molecule has 0 rings (SSSR count). The van der Waals surface area contributed by atoms with Crippen molar-refractivity contribution in [2.75, 3.05) is 20.6 Å². The second kappa shape index (κ2) is 5.45. The molecule has 0 N–H and O–H groups in total. The molecule has 0 radical (unpaired) electrons. The average Bonchev–Trinajstić information content (AvgIpc) is 1.97. The van der Waals surface area contributed by atoms with E-state index in [4.69, 9.17) is 0 Å². The van der Waals surface area contributed by atoms with Gasteiger partial charge in [0, 0.05) is 14.1 Å². The number of amidine groups is 1. The van der Waals surface area contributed by atoms with Crippen LogP contribution in [0, 0.1) is 0 Å². The maximum atomic E-state index is 9.97. The van der Waals surface area contributed by atoms with Gasteiger partial charge in [-0.1, -0.05) is 6.08 Å². The Bertz CT molecular complexity index is 200. The van der Waals surface area contributed by atoms with E-state index in [1.165, 1.54) is 6.08 Å². The van der Waals surface area contributed by atoms with Crippen LogP contribution in [0.15, 0.2) is 23.7 Å². The molecule has 0 aliphatic carbocycles. The Morgan fingerprint density at radius 3 is 2.73 bits per heavy atom. The second-order valence-corrected chi connectivity index (χ2v) is 2.14. The standard InChI is InChI=1S/C8H12N2O/c1-4-6-9-8(5-7-11)10(2)3/h4-5H,1,6H2,2-3H3. The lowest BCUT2D eigenvalue weighted by atomic mass is 10.5. The highest BCUT2D eigenvalue weighted by atomic mass is 16.1. The molecule has 0 saturated carbocycles. The van der Waals surface area contributed by atoms with E-state index in [9.17, 15) is 4.79 Å². The summed E-state index contributed by atoms with van der Waals surface area (Å²) in [7, 11) is 3.63. The van der Waals surface area contributed by atoms with Crippen LogP contribution in [0.2, 0.25) is 0 Å². The normalized spacial score (nSPS) is 10.2. The van der Waals surface area contributed by atoms with Crippen LogP contribution in [0.3, 0.4) is 0 Å². The minimum Gasteiger partial charge on any atom is -0.362 e. The third-order valence-electron chi connectivity index (χ3n) is 1.03. The fraction of sp³-hybridized carbons (Fsp3) is 0.375. The first-order chi connectivity index (χ1) is 5.22. The van der Waals surface area contributed by atoms with Crippen LogP contribution >= 0.6 is 0 Å². The topological polar surface area (TPSA) is 32.7 Å². The largest absolute Gasteiger partial charge is 0.362 e. The van der Waals surface area contributed by atoms with Gasteiger partial charge in [0.2, 0.25) is 0 Å². The molecule has 0 unspecified atom stereocenters. The van der Waals surface area contributed by atoms with Crippen molar-refractivity contribution < 1.29 is 4.79 Å². The molecule has 3 heteroatoms. The van der Waals surface area contributed by atoms with Gasteiger partial charge in [-0.2, -0.15) is 0 Å². The van der Waals surface area contributed by atoms with Crippen molar-refractivity contribution in [1.29, 1.82) is 0 Å². The van der Waals surface area contributed by atoms with Crippen molar-refractivity contribution in [3.63, 3.8) is 0 Å². The maximum absolute atomic E-state index is 9.97. The van der Waals surface area contributed by atoms with E-state index in [2.05, 4.69) is 11.6 Å². The summed E-state index contributed by atoms with van der Waals surface area (Å²) in [6, 6.07) is 0. The smallest absolute Gasteiger partial charge is 0.134 e. The maximum Gasteiger partial charge on any atom is 0.134 e. The van der Waals surface area contributed by atoms with Crippen molar-refractivity contribution >= 4 is 11.8 Å². The number of likely N-dealkylation sites (N-methyl/N-ethyl adjacent to an activating group) is 1. The van der Waals surface area contributed by atoms with Crippen LogP contribution in [-0.4, -0.2) is 37.3 Å². The van der Waals surface area contributed by atoms with E-state index in [1.807, 2.05) is 14.1 Å². The van der Waals surface area contributed by atoms with E-state index in [0.717, 1.165) is 0 Å². The highest BCUT2D eigenvalue weighted by molar-refractivity contribution is 5.98. The molecule has 0 heterocycles. The van der Waals surface area contributed by atoms with Gasteiger partial charge >= 0.3 is 0 Å². The highest BCUT2D eigenvalue weighted by Crippen LogP contribution is 1.84. The van der Waals surface area contributed by atoms with Crippen molar-refractivity contribution in [3.05, 3.63) is 18.7 Å². The third-order valence-corrected chi connectivity index (χ3v) is 1.03. The minimum absolute atomic E-state index is 0.520. The SMILES string of the molecule is C=CCN=C(C=C=O)N(C)C. The quantitative estimate of drug-likeness (QED) is 0.255. The van der Waals surface area contributed by atoms with Gasteiger partial charge in [-0.25, -0.2) is 4.79 Å². The number of aliphatic imine (C=N–C) groups is 1. The molecule has 60 valence electrons. The van der Waals surface area contributed by atoms with Gasteiger partial charge in [-0.3, -0.25) is 4.99 Å². The monoisotopic (exact) mass is 152 g/mol. The van der Waals surface area contributed by atoms with Crippen LogP contribution in [0.25, 0.3) is 0 Å². The predicted molar refractivity (Wildman–Crippen MR) is 46.4 cm³/mol. The molecule has 0 aromatic rings. The number of hydrogen-bond donors (Lipinski definition) is 0. The van der Waals surface area contributed by atoms with E-state index in [1.54, 1.807) is 16.9 Å². The van der Waals surface area contributed by atoms with Gasteiger partial charge in [0.25, 0.3) is 0 Å². The first kappa shape index (κ1) is 9.66. The summed E-state index contributed by atoms with van der Waals surface area (Å²) in [4.78, 5) is 15.8. The van der Waals surface area contributed by atoms with Gasteiger partial charge < -0.3 is 4.90 Å². The first-order valence-corrected chi connectivity index (χ1v) is 3.26. The van der Waals surface area contributed by atoms with Crippen LogP contribution in [0.4, 0.5) is 0 Å². The van der Waals surface area contributed by atoms with E-state index in [0.29, 0.717) is 12.4 Å². The Labute approximate surface area is 66.7 Å². The molecule has 0 atom stereocenters. The Hall–Kier alpha value is -1.34. The lowest BCUT2D eigenvalue weighted by Crippen LogP contribution is -2.20. The van der Waals surface area contributed by atoms with Crippen LogP contribution in [-0.2, 0) is 4.79 Å². The Morgan fingerprint density at radius 2 is 2.36 bits per heavy atom. The molecule has 0 aliphatic heterocycles. The van der Waals surface area contributed by atoms with Crippen molar-refractivity contribution in [2.45, 2.75) is 0 Å². The van der Waals surface area contributed by atoms with Crippen molar-refractivity contribution in [1.82, 2.24) is 4.90 Å². The summed E-state index contributed by atoms with van der Waals surface area (Å²) in [6.45, 7) is 4.03. The van der Waals surface area contributed by atoms with Crippen LogP contribution in [0.1, 0.15) is 0 Å². The molecule has 11 heavy (non-hydrogen) atoms. The summed E-state index contributed by atoms with van der Waals surface area (Å²) in [5.74, 6) is 2.29. The Kier molecular flexibility index (Phi) is 4.78. The zero-order chi connectivity index (χ0) is 8.69. The lowest BCUT2D eigenvalue weighted by Gasteiger charge is -2.09. The fourth-order valence-corrected chi connectivity index (χ4v) is 0.527. The zero-order valence-electron chi connectivity index (χ0n) is 6.87. The second-order valence-electron chi connectivity index (χ2n) is 2.14. The molecule has 0 bridgehead atoms. The summed E-state index contributed by atoms with van der Waals surface area (Å²) in [6.07, 6.45) is 2.96. The van der Waals surface area contributed by atoms with Gasteiger partial charge in [-0.05, 0) is 0 Å². The summed E-state index contributed by atoms with van der Waals surface area (Å²) >= 11 is 0. The number of carbonyl (C=O) groups excluding carboxylic acids is 1. The third kappa shape index (κ3) is 4.12. The molecular formula is C8H12N2O. The molecular weight excluding hydrogens is 140 g/mol. The molecule has 0 fully saturated rings. The van der Waals surface area contributed by atoms with Gasteiger partial charge in [0.1, 0.15) is 11.8 Å². The zero-order valence-corrected chi connectivity index (χ0v) is 6.87. The molecule has 0 aromatic carbocycles. The van der Waals surface area contributed by atoms with E-state index >= 15 is 0 Å². The average molecular weight is 152 g/mol. The molecule has 0 saturated heterocycles. The van der Waals surface area contributed by atoms with E-state index in [-0.39, 0.29) is 0 Å². The first-order valence-electron chi connectivity index (χ1n) is 3.26. The predicted octanol–water partition coefficient (Wildman–Crippen LogP) is 0.520. The minimum atomic E-state index is 0.520. The molecule has 3 nitrogen and oxygen atoms in total.